The number of carbonyl (C=O) groups excluding carboxylic acids is 2. The molecular weight excluding hydrogens is 314 g/mol. The van der Waals surface area contributed by atoms with Gasteiger partial charge in [0.05, 0.1) is 17.1 Å². The minimum atomic E-state index is -0.0860. The number of imidazole rings is 1. The highest BCUT2D eigenvalue weighted by Gasteiger charge is 2.23. The number of benzene rings is 1. The van der Waals surface area contributed by atoms with E-state index in [1.807, 2.05) is 34.9 Å². The summed E-state index contributed by atoms with van der Waals surface area (Å²) in [7, 11) is 1.73. The predicted octanol–water partition coefficient (Wildman–Crippen LogP) is 2.54. The molecule has 1 aliphatic heterocycles. The molecule has 7 heteroatoms. The van der Waals surface area contributed by atoms with Crippen molar-refractivity contribution in [3.63, 3.8) is 0 Å². The van der Waals surface area contributed by atoms with Gasteiger partial charge in [-0.25, -0.2) is 4.98 Å². The van der Waals surface area contributed by atoms with Gasteiger partial charge in [0, 0.05) is 18.0 Å². The van der Waals surface area contributed by atoms with Crippen molar-refractivity contribution >= 4 is 34.2 Å². The maximum atomic E-state index is 11.8. The predicted molar refractivity (Wildman–Crippen MR) is 87.5 cm³/mol. The van der Waals surface area contributed by atoms with Gasteiger partial charge in [0.2, 0.25) is 0 Å². The Kier molecular flexibility index (Phi) is 2.99. The molecule has 0 radical (unpaired) electrons. The van der Waals surface area contributed by atoms with Crippen LogP contribution < -0.4 is 9.64 Å². The zero-order valence-electron chi connectivity index (χ0n) is 12.6. The summed E-state index contributed by atoms with van der Waals surface area (Å²) in [5.41, 5.74) is 3.77. The van der Waals surface area contributed by atoms with Crippen LogP contribution in [0.2, 0.25) is 0 Å². The van der Waals surface area contributed by atoms with Crippen molar-refractivity contribution in [2.75, 3.05) is 18.6 Å². The number of hydrogen-bond acceptors (Lipinski definition) is 5. The van der Waals surface area contributed by atoms with Crippen molar-refractivity contribution in [3.05, 3.63) is 35.0 Å². The minimum absolute atomic E-state index is 0.0571. The molecule has 3 aromatic rings. The molecule has 116 valence electrons. The van der Waals surface area contributed by atoms with Crippen LogP contribution in [0.15, 0.2) is 23.6 Å². The Morgan fingerprint density at radius 2 is 2.22 bits per heavy atom. The minimum Gasteiger partial charge on any atom is -0.482 e. The maximum Gasteiger partial charge on any atom is 0.264 e. The summed E-state index contributed by atoms with van der Waals surface area (Å²) in [6, 6.07) is 5.67. The lowest BCUT2D eigenvalue weighted by atomic mass is 10.1. The van der Waals surface area contributed by atoms with Crippen molar-refractivity contribution < 1.29 is 14.3 Å². The van der Waals surface area contributed by atoms with Gasteiger partial charge in [-0.05, 0) is 25.1 Å². The van der Waals surface area contributed by atoms with Gasteiger partial charge in [-0.1, -0.05) is 0 Å². The maximum absolute atomic E-state index is 11.8. The Morgan fingerprint density at radius 1 is 1.39 bits per heavy atom. The summed E-state index contributed by atoms with van der Waals surface area (Å²) < 4.78 is 7.30. The zero-order valence-corrected chi connectivity index (χ0v) is 13.4. The van der Waals surface area contributed by atoms with Crippen molar-refractivity contribution in [3.8, 4) is 17.0 Å². The van der Waals surface area contributed by atoms with Crippen LogP contribution in [0.5, 0.6) is 5.75 Å². The Hall–Kier alpha value is -2.67. The molecule has 1 amide bonds. The van der Waals surface area contributed by atoms with Crippen LogP contribution >= 0.6 is 11.3 Å². The number of amides is 1. The molecule has 1 aliphatic rings. The lowest BCUT2D eigenvalue weighted by Gasteiger charge is -2.26. The molecule has 0 atom stereocenters. The number of aryl methyl sites for hydroxylation is 1. The van der Waals surface area contributed by atoms with Gasteiger partial charge in [0.15, 0.2) is 17.9 Å². The molecular formula is C16H13N3O3S. The van der Waals surface area contributed by atoms with Gasteiger partial charge in [0.1, 0.15) is 11.4 Å². The van der Waals surface area contributed by atoms with Gasteiger partial charge in [0.25, 0.3) is 5.91 Å². The van der Waals surface area contributed by atoms with Crippen LogP contribution in [0.1, 0.15) is 16.2 Å². The fraction of sp³-hybridized carbons (Fsp3) is 0.188. The summed E-state index contributed by atoms with van der Waals surface area (Å²) >= 11 is 1.48. The number of anilines is 1. The molecule has 23 heavy (non-hydrogen) atoms. The van der Waals surface area contributed by atoms with E-state index in [0.717, 1.165) is 28.2 Å². The summed E-state index contributed by atoms with van der Waals surface area (Å²) in [5.74, 6) is 0.594. The number of thiazole rings is 1. The van der Waals surface area contributed by atoms with E-state index in [4.69, 9.17) is 4.74 Å². The normalized spacial score (nSPS) is 14.0. The third-order valence-corrected chi connectivity index (χ3v) is 4.86. The van der Waals surface area contributed by atoms with E-state index in [0.29, 0.717) is 17.1 Å². The number of hydrogen-bond donors (Lipinski definition) is 0. The fourth-order valence-corrected chi connectivity index (χ4v) is 3.71. The average molecular weight is 327 g/mol. The van der Waals surface area contributed by atoms with E-state index in [2.05, 4.69) is 4.98 Å². The van der Waals surface area contributed by atoms with Crippen LogP contribution in [-0.2, 0) is 4.79 Å². The van der Waals surface area contributed by atoms with Gasteiger partial charge >= 0.3 is 0 Å². The second-order valence-corrected chi connectivity index (χ2v) is 6.20. The second-order valence-electron chi connectivity index (χ2n) is 5.36. The molecule has 0 bridgehead atoms. The van der Waals surface area contributed by atoms with E-state index in [9.17, 15) is 9.59 Å². The summed E-state index contributed by atoms with van der Waals surface area (Å²) in [5, 5.41) is 1.96. The first-order chi connectivity index (χ1) is 11.1. The smallest absolute Gasteiger partial charge is 0.264 e. The first-order valence-electron chi connectivity index (χ1n) is 7.05. The molecule has 0 saturated carbocycles. The molecule has 0 saturated heterocycles. The number of likely N-dealkylation sites (N-methyl/N-ethyl adjacent to an activating group) is 1. The standard InChI is InChI=1S/C16H13N3O3S/c1-9-12(6-20)19-13(8-23-16(19)17-9)10-3-4-14-11(5-10)18(2)15(21)7-22-14/h3-6,8H,7H2,1-2H3. The number of fused-ring (bicyclic) bond motifs is 2. The van der Waals surface area contributed by atoms with E-state index in [1.165, 1.54) is 11.3 Å². The largest absolute Gasteiger partial charge is 0.482 e. The lowest BCUT2D eigenvalue weighted by Crippen LogP contribution is -2.35. The number of rotatable bonds is 2. The van der Waals surface area contributed by atoms with Crippen LogP contribution in [-0.4, -0.2) is 35.2 Å². The average Bonchev–Trinajstić information content (AvgIpc) is 3.08. The lowest BCUT2D eigenvalue weighted by molar-refractivity contribution is -0.120. The van der Waals surface area contributed by atoms with Gasteiger partial charge < -0.3 is 9.64 Å². The number of carbonyl (C=O) groups is 2. The molecule has 6 nitrogen and oxygen atoms in total. The van der Waals surface area contributed by atoms with Crippen molar-refractivity contribution in [2.24, 2.45) is 0 Å². The Balaban J connectivity index is 1.92. The summed E-state index contributed by atoms with van der Waals surface area (Å²) in [6.07, 6.45) is 0.822. The van der Waals surface area contributed by atoms with Crippen LogP contribution in [0.4, 0.5) is 5.69 Å². The van der Waals surface area contributed by atoms with Crippen LogP contribution in [0.3, 0.4) is 0 Å². The molecule has 0 aliphatic carbocycles. The van der Waals surface area contributed by atoms with Crippen LogP contribution in [0, 0.1) is 6.92 Å². The molecule has 0 unspecified atom stereocenters. The van der Waals surface area contributed by atoms with E-state index in [1.54, 1.807) is 11.9 Å². The molecule has 0 spiro atoms. The summed E-state index contributed by atoms with van der Waals surface area (Å²) in [6.45, 7) is 1.88. The Bertz CT molecular complexity index is 957. The van der Waals surface area contributed by atoms with Crippen molar-refractivity contribution in [1.82, 2.24) is 9.38 Å². The van der Waals surface area contributed by atoms with Gasteiger partial charge in [-0.3, -0.25) is 14.0 Å². The molecule has 0 fully saturated rings. The highest BCUT2D eigenvalue weighted by molar-refractivity contribution is 7.15. The Labute approximate surface area is 135 Å². The molecule has 1 aromatic carbocycles. The van der Waals surface area contributed by atoms with Gasteiger partial charge in [-0.15, -0.1) is 11.3 Å². The molecule has 4 rings (SSSR count). The van der Waals surface area contributed by atoms with Crippen molar-refractivity contribution in [1.29, 1.82) is 0 Å². The first kappa shape index (κ1) is 14.0. The molecule has 2 aromatic heterocycles. The molecule has 3 heterocycles. The first-order valence-corrected chi connectivity index (χ1v) is 7.93. The zero-order chi connectivity index (χ0) is 16.1. The van der Waals surface area contributed by atoms with Gasteiger partial charge in [-0.2, -0.15) is 0 Å². The third kappa shape index (κ3) is 1.97. The highest BCUT2D eigenvalue weighted by atomic mass is 32.1. The number of aromatic nitrogens is 2. The van der Waals surface area contributed by atoms with Crippen molar-refractivity contribution in [2.45, 2.75) is 6.92 Å². The number of ether oxygens (including phenoxy) is 1. The molecule has 0 N–H and O–H groups in total. The van der Waals surface area contributed by atoms with Crippen LogP contribution in [0.25, 0.3) is 16.2 Å². The highest BCUT2D eigenvalue weighted by Crippen LogP contribution is 2.37. The SMILES string of the molecule is Cc1nc2scc(-c3ccc4c(c3)N(C)C(=O)CO4)n2c1C=O. The topological polar surface area (TPSA) is 63.9 Å². The number of nitrogens with zero attached hydrogens (tertiary/aromatic N) is 3. The summed E-state index contributed by atoms with van der Waals surface area (Å²) in [4.78, 5) is 30.0. The fourth-order valence-electron chi connectivity index (χ4n) is 2.76. The monoisotopic (exact) mass is 327 g/mol. The quantitative estimate of drug-likeness (QED) is 0.679. The third-order valence-electron chi connectivity index (χ3n) is 4.04. The van der Waals surface area contributed by atoms with E-state index < -0.39 is 0 Å². The van der Waals surface area contributed by atoms with E-state index >= 15 is 0 Å². The van der Waals surface area contributed by atoms with E-state index in [-0.39, 0.29) is 12.5 Å². The number of aldehydes is 1. The second kappa shape index (κ2) is 4.92. The Morgan fingerprint density at radius 3 is 3.00 bits per heavy atom.